The molecule has 2 aromatic rings. The second-order valence-electron chi connectivity index (χ2n) is 6.43. The third-order valence-corrected chi connectivity index (χ3v) is 6.30. The van der Waals surface area contributed by atoms with Crippen LogP contribution in [0.25, 0.3) is 11.3 Å². The molecule has 1 aliphatic heterocycles. The number of allylic oxidation sites excluding steroid dienone is 2. The number of nitro benzene ring substituents is 1. The second kappa shape index (κ2) is 6.95. The Morgan fingerprint density at radius 1 is 1.32 bits per heavy atom. The van der Waals surface area contributed by atoms with Crippen molar-refractivity contribution in [2.24, 2.45) is 0 Å². The van der Waals surface area contributed by atoms with Gasteiger partial charge in [0.25, 0.3) is 5.69 Å². The van der Waals surface area contributed by atoms with E-state index in [9.17, 15) is 20.0 Å². The van der Waals surface area contributed by atoms with Gasteiger partial charge in [-0.3, -0.25) is 24.0 Å². The maximum Gasteiger partial charge on any atom is 0.303 e. The Morgan fingerprint density at radius 2 is 2.04 bits per heavy atom. The van der Waals surface area contributed by atoms with Gasteiger partial charge in [-0.1, -0.05) is 17.8 Å². The third-order valence-electron chi connectivity index (χ3n) is 4.68. The molecule has 1 atom stereocenters. The summed E-state index contributed by atoms with van der Waals surface area (Å²) in [5.41, 5.74) is 2.77. The molecule has 1 aromatic heterocycles. The zero-order valence-corrected chi connectivity index (χ0v) is 16.1. The van der Waals surface area contributed by atoms with Crippen LogP contribution in [0.2, 0.25) is 0 Å². The number of carboxylic acid groups (broad SMARTS) is 1. The number of thioether (sulfide) groups is 1. The minimum absolute atomic E-state index is 0.00135. The topological polar surface area (TPSA) is 111 Å². The fourth-order valence-electron chi connectivity index (χ4n) is 3.34. The van der Waals surface area contributed by atoms with Gasteiger partial charge in [-0.2, -0.15) is 0 Å². The van der Waals surface area contributed by atoms with Crippen molar-refractivity contribution >= 4 is 46.9 Å². The minimum atomic E-state index is -0.886. The number of nitrogens with zero attached hydrogens (tertiary/aromatic N) is 3. The number of hydrogen-bond acceptors (Lipinski definition) is 6. The highest BCUT2D eigenvalue weighted by atomic mass is 32.2. The minimum Gasteiger partial charge on any atom is -0.493 e. The molecule has 2 aliphatic rings. The van der Waals surface area contributed by atoms with Crippen molar-refractivity contribution in [1.29, 1.82) is 0 Å². The number of non-ortho nitro benzene ring substituents is 1. The van der Waals surface area contributed by atoms with E-state index in [0.717, 1.165) is 16.8 Å². The summed E-state index contributed by atoms with van der Waals surface area (Å²) in [5, 5.41) is 30.8. The SMILES string of the molecule is O=C(O)CCCn1c(O)c2n(c1=S)C1=CC(c3ccc([N+](=O)[O-])cc3)=CC1S2. The zero-order valence-electron chi connectivity index (χ0n) is 14.4. The monoisotopic (exact) mass is 417 g/mol. The van der Waals surface area contributed by atoms with E-state index in [1.54, 1.807) is 16.7 Å². The lowest BCUT2D eigenvalue weighted by molar-refractivity contribution is -0.384. The van der Waals surface area contributed by atoms with Crippen LogP contribution in [0.4, 0.5) is 5.69 Å². The van der Waals surface area contributed by atoms with Crippen LogP contribution >= 0.6 is 24.0 Å². The molecule has 0 fully saturated rings. The van der Waals surface area contributed by atoms with Crippen molar-refractivity contribution in [1.82, 2.24) is 9.13 Å². The normalized spacial score (nSPS) is 17.1. The van der Waals surface area contributed by atoms with Crippen LogP contribution in [0.1, 0.15) is 18.4 Å². The van der Waals surface area contributed by atoms with E-state index >= 15 is 0 Å². The first-order valence-corrected chi connectivity index (χ1v) is 9.77. The maximum atomic E-state index is 10.8. The summed E-state index contributed by atoms with van der Waals surface area (Å²) < 4.78 is 3.80. The standard InChI is InChI=1S/C18H15N3O5S2/c22-15(23)2-1-7-19-16(24)17-20(18(19)27)13-8-11(9-14(13)28-17)10-3-5-12(6-4-10)21(25)26/h3-6,8-9,14,24H,1-2,7H2,(H,22,23). The Bertz CT molecular complexity index is 1110. The summed E-state index contributed by atoms with van der Waals surface area (Å²) in [5.74, 6) is -0.830. The highest BCUT2D eigenvalue weighted by Gasteiger charge is 2.35. The number of aromatic nitrogens is 2. The van der Waals surface area contributed by atoms with E-state index in [0.29, 0.717) is 22.8 Å². The quantitative estimate of drug-likeness (QED) is 0.416. The fourth-order valence-corrected chi connectivity index (χ4v) is 5.03. The third kappa shape index (κ3) is 3.04. The molecule has 0 amide bonds. The first kappa shape index (κ1) is 18.5. The molecular formula is C18H15N3O5S2. The summed E-state index contributed by atoms with van der Waals surface area (Å²) in [7, 11) is 0. The van der Waals surface area contributed by atoms with Crippen molar-refractivity contribution in [3.63, 3.8) is 0 Å². The van der Waals surface area contributed by atoms with E-state index in [1.807, 2.05) is 16.7 Å². The number of nitro groups is 1. The number of imidazole rings is 1. The molecule has 1 aromatic carbocycles. The van der Waals surface area contributed by atoms with Gasteiger partial charge in [0.1, 0.15) is 5.03 Å². The smallest absolute Gasteiger partial charge is 0.303 e. The van der Waals surface area contributed by atoms with Gasteiger partial charge in [0.05, 0.1) is 10.2 Å². The van der Waals surface area contributed by atoms with Crippen molar-refractivity contribution in [3.05, 3.63) is 56.9 Å². The Morgan fingerprint density at radius 3 is 2.68 bits per heavy atom. The number of fused-ring (bicyclic) bond motifs is 3. The molecule has 28 heavy (non-hydrogen) atoms. The number of rotatable bonds is 6. The van der Waals surface area contributed by atoms with Crippen LogP contribution in [0.5, 0.6) is 5.88 Å². The lowest BCUT2D eigenvalue weighted by atomic mass is 10.1. The molecule has 2 heterocycles. The van der Waals surface area contributed by atoms with Crippen LogP contribution < -0.4 is 0 Å². The molecule has 1 aliphatic carbocycles. The molecule has 0 saturated carbocycles. The molecule has 0 radical (unpaired) electrons. The van der Waals surface area contributed by atoms with Gasteiger partial charge in [0, 0.05) is 30.8 Å². The van der Waals surface area contributed by atoms with Crippen LogP contribution in [-0.2, 0) is 11.3 Å². The number of aromatic hydroxyl groups is 1. The van der Waals surface area contributed by atoms with E-state index in [2.05, 4.69) is 0 Å². The molecule has 144 valence electrons. The van der Waals surface area contributed by atoms with Gasteiger partial charge in [-0.25, -0.2) is 0 Å². The highest BCUT2D eigenvalue weighted by Crippen LogP contribution is 2.50. The van der Waals surface area contributed by atoms with Gasteiger partial charge in [0.15, 0.2) is 4.77 Å². The van der Waals surface area contributed by atoms with E-state index in [-0.39, 0.29) is 23.2 Å². The van der Waals surface area contributed by atoms with Gasteiger partial charge in [-0.05, 0) is 48.0 Å². The highest BCUT2D eigenvalue weighted by molar-refractivity contribution is 8.00. The second-order valence-corrected chi connectivity index (χ2v) is 7.92. The van der Waals surface area contributed by atoms with E-state index in [4.69, 9.17) is 17.3 Å². The molecule has 4 rings (SSSR count). The summed E-state index contributed by atoms with van der Waals surface area (Å²) in [4.78, 5) is 21.1. The summed E-state index contributed by atoms with van der Waals surface area (Å²) in [6, 6.07) is 6.36. The Labute approximate surface area is 168 Å². The first-order chi connectivity index (χ1) is 13.4. The molecule has 1 unspecified atom stereocenters. The maximum absolute atomic E-state index is 10.8. The Hall–Kier alpha value is -2.85. The largest absolute Gasteiger partial charge is 0.493 e. The molecule has 10 heteroatoms. The summed E-state index contributed by atoms with van der Waals surface area (Å²) >= 11 is 6.98. The number of benzene rings is 1. The summed E-state index contributed by atoms with van der Waals surface area (Å²) in [6.45, 7) is 0.331. The lowest BCUT2D eigenvalue weighted by Crippen LogP contribution is -2.05. The van der Waals surface area contributed by atoms with Crippen molar-refractivity contribution in [2.45, 2.75) is 29.7 Å². The van der Waals surface area contributed by atoms with Crippen LogP contribution in [0, 0.1) is 14.9 Å². The predicted octanol–water partition coefficient (Wildman–Crippen LogP) is 3.91. The van der Waals surface area contributed by atoms with E-state index in [1.165, 1.54) is 23.9 Å². The molecule has 0 bridgehead atoms. The average Bonchev–Trinajstić information content (AvgIpc) is 3.27. The number of carbonyl (C=O) groups is 1. The molecule has 8 nitrogen and oxygen atoms in total. The number of aliphatic carboxylic acids is 1. The van der Waals surface area contributed by atoms with Crippen LogP contribution in [0.3, 0.4) is 0 Å². The van der Waals surface area contributed by atoms with Crippen LogP contribution in [0.15, 0.2) is 41.4 Å². The molecule has 0 saturated heterocycles. The zero-order chi connectivity index (χ0) is 20.0. The van der Waals surface area contributed by atoms with E-state index < -0.39 is 10.9 Å². The van der Waals surface area contributed by atoms with Gasteiger partial charge in [0.2, 0.25) is 5.88 Å². The van der Waals surface area contributed by atoms with Gasteiger partial charge < -0.3 is 10.2 Å². The Kier molecular flexibility index (Phi) is 4.60. The summed E-state index contributed by atoms with van der Waals surface area (Å²) in [6.07, 6.45) is 4.38. The van der Waals surface area contributed by atoms with Crippen molar-refractivity contribution < 1.29 is 19.9 Å². The van der Waals surface area contributed by atoms with Crippen molar-refractivity contribution in [3.8, 4) is 5.88 Å². The van der Waals surface area contributed by atoms with Crippen molar-refractivity contribution in [2.75, 3.05) is 0 Å². The first-order valence-electron chi connectivity index (χ1n) is 8.48. The molecule has 0 spiro atoms. The fraction of sp³-hybridized carbons (Fsp3) is 0.222. The molecular weight excluding hydrogens is 402 g/mol. The number of carboxylic acids is 1. The van der Waals surface area contributed by atoms with Crippen LogP contribution in [-0.4, -0.2) is 35.5 Å². The predicted molar refractivity (Wildman–Crippen MR) is 107 cm³/mol. The lowest BCUT2D eigenvalue weighted by Gasteiger charge is -2.06. The number of hydrogen-bond donors (Lipinski definition) is 2. The molecule has 2 N–H and O–H groups in total. The Balaban J connectivity index is 1.62. The van der Waals surface area contributed by atoms with Gasteiger partial charge >= 0.3 is 5.97 Å². The average molecular weight is 417 g/mol. The van der Waals surface area contributed by atoms with Gasteiger partial charge in [-0.15, -0.1) is 0 Å².